The summed E-state index contributed by atoms with van der Waals surface area (Å²) in [4.78, 5) is 11.5. The molecule has 0 aromatic heterocycles. The third-order valence-corrected chi connectivity index (χ3v) is 3.17. The lowest BCUT2D eigenvalue weighted by atomic mass is 10.0. The van der Waals surface area contributed by atoms with Crippen LogP contribution in [0.15, 0.2) is 22.7 Å². The number of carbonyl (C=O) groups is 1. The van der Waals surface area contributed by atoms with Gasteiger partial charge in [-0.1, -0.05) is 6.07 Å². The molecule has 2 atom stereocenters. The van der Waals surface area contributed by atoms with Crippen molar-refractivity contribution < 1.29 is 24.9 Å². The Balaban J connectivity index is 2.56. The molecule has 2 unspecified atom stereocenters. The highest BCUT2D eigenvalue weighted by Gasteiger charge is 2.22. The minimum absolute atomic E-state index is 0.0346. The molecule has 0 bridgehead atoms. The average Bonchev–Trinajstić information content (AvgIpc) is 2.36. The largest absolute Gasteiger partial charge is 0.507 e. The van der Waals surface area contributed by atoms with Crippen molar-refractivity contribution in [3.05, 3.63) is 28.2 Å². The van der Waals surface area contributed by atoms with E-state index in [4.69, 9.17) is 4.74 Å². The standard InChI is InChI=1S/C14H20BrNO5/c1-14(2,3)21-13(20)16-7-11(18)12(19)8-4-5-10(17)9(15)6-8/h4-6,11-12,17-19H,7H2,1-3H3,(H,16,20). The number of rotatable bonds is 4. The third-order valence-electron chi connectivity index (χ3n) is 2.53. The summed E-state index contributed by atoms with van der Waals surface area (Å²) in [5.41, 5.74) is -0.215. The average molecular weight is 362 g/mol. The molecule has 1 aromatic carbocycles. The van der Waals surface area contributed by atoms with Gasteiger partial charge in [-0.05, 0) is 54.4 Å². The lowest BCUT2D eigenvalue weighted by Gasteiger charge is -2.22. The highest BCUT2D eigenvalue weighted by atomic mass is 79.9. The lowest BCUT2D eigenvalue weighted by molar-refractivity contribution is 0.0129. The van der Waals surface area contributed by atoms with Crippen LogP contribution in [0.1, 0.15) is 32.4 Å². The molecule has 1 aromatic rings. The molecular weight excluding hydrogens is 342 g/mol. The van der Waals surface area contributed by atoms with Gasteiger partial charge < -0.3 is 25.4 Å². The van der Waals surface area contributed by atoms with Crippen LogP contribution in [-0.4, -0.2) is 39.7 Å². The zero-order valence-corrected chi connectivity index (χ0v) is 13.7. The van der Waals surface area contributed by atoms with E-state index in [1.807, 2.05) is 0 Å². The van der Waals surface area contributed by atoms with E-state index in [2.05, 4.69) is 21.2 Å². The first-order chi connectivity index (χ1) is 9.60. The summed E-state index contributed by atoms with van der Waals surface area (Å²) in [6.45, 7) is 5.03. The van der Waals surface area contributed by atoms with Crippen molar-refractivity contribution >= 4 is 22.0 Å². The highest BCUT2D eigenvalue weighted by Crippen LogP contribution is 2.28. The van der Waals surface area contributed by atoms with Gasteiger partial charge in [0, 0.05) is 6.54 Å². The van der Waals surface area contributed by atoms with Gasteiger partial charge in [0.25, 0.3) is 0 Å². The number of benzene rings is 1. The number of nitrogens with one attached hydrogen (secondary N) is 1. The van der Waals surface area contributed by atoms with Crippen molar-refractivity contribution in [3.63, 3.8) is 0 Å². The van der Waals surface area contributed by atoms with Gasteiger partial charge in [-0.25, -0.2) is 4.79 Å². The maximum Gasteiger partial charge on any atom is 0.407 e. The van der Waals surface area contributed by atoms with Crippen LogP contribution in [0.3, 0.4) is 0 Å². The Morgan fingerprint density at radius 1 is 1.38 bits per heavy atom. The first-order valence-electron chi connectivity index (χ1n) is 6.41. The molecule has 0 fully saturated rings. The van der Waals surface area contributed by atoms with Crippen LogP contribution < -0.4 is 5.32 Å². The number of amides is 1. The van der Waals surface area contributed by atoms with Crippen LogP contribution in [0.4, 0.5) is 4.79 Å². The Morgan fingerprint density at radius 3 is 2.52 bits per heavy atom. The number of aliphatic hydroxyl groups excluding tert-OH is 2. The van der Waals surface area contributed by atoms with Gasteiger partial charge >= 0.3 is 6.09 Å². The van der Waals surface area contributed by atoms with E-state index in [0.29, 0.717) is 10.0 Å². The van der Waals surface area contributed by atoms with Crippen molar-refractivity contribution in [1.82, 2.24) is 5.32 Å². The second-order valence-corrected chi connectivity index (χ2v) is 6.46. The summed E-state index contributed by atoms with van der Waals surface area (Å²) in [6.07, 6.45) is -3.06. The topological polar surface area (TPSA) is 99.0 Å². The lowest BCUT2D eigenvalue weighted by Crippen LogP contribution is -2.38. The van der Waals surface area contributed by atoms with Gasteiger partial charge in [0.1, 0.15) is 23.6 Å². The number of aliphatic hydroxyl groups is 2. The van der Waals surface area contributed by atoms with Crippen LogP contribution >= 0.6 is 15.9 Å². The molecule has 1 amide bonds. The fourth-order valence-electron chi connectivity index (χ4n) is 1.54. The monoisotopic (exact) mass is 361 g/mol. The summed E-state index contributed by atoms with van der Waals surface area (Å²) in [7, 11) is 0. The molecule has 0 heterocycles. The molecule has 1 rings (SSSR count). The van der Waals surface area contributed by atoms with Gasteiger partial charge in [-0.15, -0.1) is 0 Å². The summed E-state index contributed by atoms with van der Waals surface area (Å²) in [5, 5.41) is 31.7. The van der Waals surface area contributed by atoms with E-state index in [0.717, 1.165) is 0 Å². The molecule has 6 nitrogen and oxygen atoms in total. The Kier molecular flexibility index (Phi) is 6.00. The van der Waals surface area contributed by atoms with E-state index in [1.165, 1.54) is 18.2 Å². The maximum absolute atomic E-state index is 11.5. The van der Waals surface area contributed by atoms with E-state index >= 15 is 0 Å². The third kappa shape index (κ3) is 5.91. The molecule has 0 saturated heterocycles. The SMILES string of the molecule is CC(C)(C)OC(=O)NCC(O)C(O)c1ccc(O)c(Br)c1. The molecule has 0 spiro atoms. The van der Waals surface area contributed by atoms with Gasteiger partial charge in [-0.3, -0.25) is 0 Å². The van der Waals surface area contributed by atoms with Gasteiger partial charge in [0.05, 0.1) is 4.47 Å². The highest BCUT2D eigenvalue weighted by molar-refractivity contribution is 9.10. The van der Waals surface area contributed by atoms with Crippen molar-refractivity contribution in [2.45, 2.75) is 38.6 Å². The number of aromatic hydroxyl groups is 1. The smallest absolute Gasteiger partial charge is 0.407 e. The number of hydrogen-bond acceptors (Lipinski definition) is 5. The number of phenolic OH excluding ortho intramolecular Hbond substituents is 1. The number of ether oxygens (including phenoxy) is 1. The number of carbonyl (C=O) groups excluding carboxylic acids is 1. The van der Waals surface area contributed by atoms with E-state index in [1.54, 1.807) is 20.8 Å². The van der Waals surface area contributed by atoms with Crippen LogP contribution in [0.5, 0.6) is 5.75 Å². The fourth-order valence-corrected chi connectivity index (χ4v) is 1.94. The molecular formula is C14H20BrNO5. The van der Waals surface area contributed by atoms with Gasteiger partial charge in [-0.2, -0.15) is 0 Å². The van der Waals surface area contributed by atoms with Crippen LogP contribution in [0, 0.1) is 0 Å². The van der Waals surface area contributed by atoms with Crippen LogP contribution in [0.25, 0.3) is 0 Å². The van der Waals surface area contributed by atoms with Crippen LogP contribution in [0.2, 0.25) is 0 Å². The molecule has 0 radical (unpaired) electrons. The Morgan fingerprint density at radius 2 is 2.00 bits per heavy atom. The zero-order chi connectivity index (χ0) is 16.2. The first-order valence-corrected chi connectivity index (χ1v) is 7.21. The van der Waals surface area contributed by atoms with E-state index in [-0.39, 0.29) is 12.3 Å². The molecule has 7 heteroatoms. The Hall–Kier alpha value is -1.31. The Bertz CT molecular complexity index is 501. The van der Waals surface area contributed by atoms with Crippen molar-refractivity contribution in [3.8, 4) is 5.75 Å². The summed E-state index contributed by atoms with van der Waals surface area (Å²) < 4.78 is 5.43. The van der Waals surface area contributed by atoms with E-state index in [9.17, 15) is 20.1 Å². The number of alkyl carbamates (subject to hydrolysis) is 1. The maximum atomic E-state index is 11.5. The molecule has 4 N–H and O–H groups in total. The zero-order valence-electron chi connectivity index (χ0n) is 12.1. The summed E-state index contributed by atoms with van der Waals surface area (Å²) in [6, 6.07) is 4.38. The fraction of sp³-hybridized carbons (Fsp3) is 0.500. The number of halogens is 1. The van der Waals surface area contributed by atoms with Gasteiger partial charge in [0.15, 0.2) is 0 Å². The predicted molar refractivity (Wildman–Crippen MR) is 81.0 cm³/mol. The quantitative estimate of drug-likeness (QED) is 0.657. The summed E-state index contributed by atoms with van der Waals surface area (Å²) in [5.74, 6) is 0.0346. The second-order valence-electron chi connectivity index (χ2n) is 5.61. The Labute approximate surface area is 131 Å². The van der Waals surface area contributed by atoms with Gasteiger partial charge in [0.2, 0.25) is 0 Å². The van der Waals surface area contributed by atoms with Crippen molar-refractivity contribution in [2.24, 2.45) is 0 Å². The molecule has 0 saturated carbocycles. The molecule has 0 aliphatic heterocycles. The second kappa shape index (κ2) is 7.11. The molecule has 21 heavy (non-hydrogen) atoms. The minimum atomic E-state index is -1.20. The minimum Gasteiger partial charge on any atom is -0.507 e. The van der Waals surface area contributed by atoms with Crippen molar-refractivity contribution in [2.75, 3.05) is 6.54 Å². The van der Waals surface area contributed by atoms with Crippen molar-refractivity contribution in [1.29, 1.82) is 0 Å². The molecule has 118 valence electrons. The first kappa shape index (κ1) is 17.7. The molecule has 0 aliphatic carbocycles. The molecule has 0 aliphatic rings. The van der Waals surface area contributed by atoms with E-state index < -0.39 is 23.9 Å². The van der Waals surface area contributed by atoms with Crippen LogP contribution in [-0.2, 0) is 4.74 Å². The number of phenols is 1. The normalized spacial score (nSPS) is 14.4. The summed E-state index contributed by atoms with van der Waals surface area (Å²) >= 11 is 3.13. The predicted octanol–water partition coefficient (Wildman–Crippen LogP) is 2.07. The number of hydrogen-bond donors (Lipinski definition) is 4.